The average molecular weight is 223 g/mol. The van der Waals surface area contributed by atoms with Crippen LogP contribution < -0.4 is 10.1 Å². The van der Waals surface area contributed by atoms with Crippen LogP contribution in [0.5, 0.6) is 5.75 Å². The van der Waals surface area contributed by atoms with Crippen LogP contribution in [0, 0.1) is 0 Å². The number of nitrogens with one attached hydrogen (secondary N) is 1. The third-order valence-electron chi connectivity index (χ3n) is 2.31. The van der Waals surface area contributed by atoms with Crippen LogP contribution in [0.1, 0.15) is 22.8 Å². The van der Waals surface area contributed by atoms with Crippen LogP contribution in [-0.2, 0) is 6.42 Å². The minimum absolute atomic E-state index is 0.0679. The molecular formula is C12H17NO3. The Morgan fingerprint density at radius 1 is 1.50 bits per heavy atom. The molecule has 2 N–H and O–H groups in total. The zero-order valence-corrected chi connectivity index (χ0v) is 9.62. The van der Waals surface area contributed by atoms with Gasteiger partial charge in [0.2, 0.25) is 0 Å². The van der Waals surface area contributed by atoms with Gasteiger partial charge in [0.15, 0.2) is 0 Å². The average Bonchev–Trinajstić information content (AvgIpc) is 2.35. The van der Waals surface area contributed by atoms with Crippen molar-refractivity contribution in [1.29, 1.82) is 0 Å². The fourth-order valence-corrected chi connectivity index (χ4v) is 1.42. The number of benzene rings is 1. The molecule has 0 fully saturated rings. The van der Waals surface area contributed by atoms with Crippen LogP contribution in [0.2, 0.25) is 0 Å². The Morgan fingerprint density at radius 3 is 2.81 bits per heavy atom. The highest BCUT2D eigenvalue weighted by Gasteiger charge is 2.11. The summed E-state index contributed by atoms with van der Waals surface area (Å²) < 4.78 is 5.12. The molecule has 1 rings (SSSR count). The highest BCUT2D eigenvalue weighted by molar-refractivity contribution is 5.97. The Bertz CT molecular complexity index is 363. The minimum atomic E-state index is -0.221. The van der Waals surface area contributed by atoms with E-state index in [-0.39, 0.29) is 19.1 Å². The lowest BCUT2D eigenvalue weighted by molar-refractivity contribution is 0.0941. The summed E-state index contributed by atoms with van der Waals surface area (Å²) in [7, 11) is 1.53. The predicted octanol–water partition coefficient (Wildman–Crippen LogP) is 0.980. The summed E-state index contributed by atoms with van der Waals surface area (Å²) >= 11 is 0. The molecule has 0 spiro atoms. The largest absolute Gasteiger partial charge is 0.496 e. The number of amides is 1. The van der Waals surface area contributed by atoms with Gasteiger partial charge in [0.1, 0.15) is 5.75 Å². The van der Waals surface area contributed by atoms with Crippen molar-refractivity contribution in [2.75, 3.05) is 20.3 Å². The van der Waals surface area contributed by atoms with E-state index in [0.29, 0.717) is 11.3 Å². The van der Waals surface area contributed by atoms with Crippen molar-refractivity contribution in [3.8, 4) is 5.75 Å². The summed E-state index contributed by atoms with van der Waals surface area (Å²) in [5.74, 6) is 0.328. The summed E-state index contributed by atoms with van der Waals surface area (Å²) in [6, 6.07) is 5.53. The van der Waals surface area contributed by atoms with E-state index in [0.717, 1.165) is 12.0 Å². The molecule has 1 aromatic carbocycles. The van der Waals surface area contributed by atoms with E-state index >= 15 is 0 Å². The zero-order valence-electron chi connectivity index (χ0n) is 9.62. The Labute approximate surface area is 95.2 Å². The number of aryl methyl sites for hydroxylation is 1. The Kier molecular flexibility index (Phi) is 4.79. The summed E-state index contributed by atoms with van der Waals surface area (Å²) in [5.41, 5.74) is 1.59. The summed E-state index contributed by atoms with van der Waals surface area (Å²) in [6.07, 6.45) is 0.865. The van der Waals surface area contributed by atoms with Gasteiger partial charge in [-0.05, 0) is 24.1 Å². The third-order valence-corrected chi connectivity index (χ3v) is 2.31. The van der Waals surface area contributed by atoms with E-state index in [1.165, 1.54) is 7.11 Å². The number of carbonyl (C=O) groups excluding carboxylic acids is 1. The van der Waals surface area contributed by atoms with Gasteiger partial charge in [0.25, 0.3) is 5.91 Å². The normalized spacial score (nSPS) is 9.94. The highest BCUT2D eigenvalue weighted by Crippen LogP contribution is 2.20. The number of hydrogen-bond acceptors (Lipinski definition) is 3. The van der Waals surface area contributed by atoms with Gasteiger partial charge in [0, 0.05) is 6.54 Å². The van der Waals surface area contributed by atoms with Crippen molar-refractivity contribution in [3.05, 3.63) is 29.3 Å². The van der Waals surface area contributed by atoms with E-state index in [9.17, 15) is 4.79 Å². The number of methoxy groups -OCH3 is 1. The minimum Gasteiger partial charge on any atom is -0.496 e. The number of aliphatic hydroxyl groups is 1. The van der Waals surface area contributed by atoms with E-state index in [1.807, 2.05) is 19.1 Å². The van der Waals surface area contributed by atoms with Gasteiger partial charge in [-0.2, -0.15) is 0 Å². The van der Waals surface area contributed by atoms with Crippen molar-refractivity contribution in [2.24, 2.45) is 0 Å². The molecule has 0 saturated heterocycles. The summed E-state index contributed by atoms with van der Waals surface area (Å²) in [4.78, 5) is 11.7. The second kappa shape index (κ2) is 6.12. The third kappa shape index (κ3) is 2.97. The molecule has 0 heterocycles. The molecule has 0 unspecified atom stereocenters. The molecule has 88 valence electrons. The lowest BCUT2D eigenvalue weighted by atomic mass is 10.1. The SMILES string of the molecule is CCc1ccc(OC)c(C(=O)NCCO)c1. The fraction of sp³-hybridized carbons (Fsp3) is 0.417. The Hall–Kier alpha value is -1.55. The van der Waals surface area contributed by atoms with E-state index in [2.05, 4.69) is 5.32 Å². The number of carbonyl (C=O) groups is 1. The van der Waals surface area contributed by atoms with Gasteiger partial charge in [-0.3, -0.25) is 4.79 Å². The molecule has 16 heavy (non-hydrogen) atoms. The summed E-state index contributed by atoms with van der Waals surface area (Å²) in [6.45, 7) is 2.21. The first kappa shape index (κ1) is 12.5. The first-order valence-electron chi connectivity index (χ1n) is 5.28. The van der Waals surface area contributed by atoms with Gasteiger partial charge in [-0.15, -0.1) is 0 Å². The number of ether oxygens (including phenoxy) is 1. The van der Waals surface area contributed by atoms with Crippen molar-refractivity contribution in [3.63, 3.8) is 0 Å². The maximum absolute atomic E-state index is 11.7. The second-order valence-corrected chi connectivity index (χ2v) is 3.37. The van der Waals surface area contributed by atoms with E-state index in [4.69, 9.17) is 9.84 Å². The summed E-state index contributed by atoms with van der Waals surface area (Å²) in [5, 5.41) is 11.2. The number of hydrogen-bond donors (Lipinski definition) is 2. The van der Waals surface area contributed by atoms with Gasteiger partial charge in [-0.25, -0.2) is 0 Å². The van der Waals surface area contributed by atoms with Crippen molar-refractivity contribution >= 4 is 5.91 Å². The maximum atomic E-state index is 11.7. The van der Waals surface area contributed by atoms with Crippen LogP contribution in [0.3, 0.4) is 0 Å². The van der Waals surface area contributed by atoms with E-state index < -0.39 is 0 Å². The van der Waals surface area contributed by atoms with Crippen LogP contribution in [0.15, 0.2) is 18.2 Å². The van der Waals surface area contributed by atoms with Gasteiger partial charge in [-0.1, -0.05) is 13.0 Å². The lowest BCUT2D eigenvalue weighted by Gasteiger charge is -2.10. The Balaban J connectivity index is 2.94. The molecule has 1 aromatic rings. The highest BCUT2D eigenvalue weighted by atomic mass is 16.5. The number of rotatable bonds is 5. The lowest BCUT2D eigenvalue weighted by Crippen LogP contribution is -2.26. The molecule has 0 radical (unpaired) electrons. The first-order chi connectivity index (χ1) is 7.72. The molecule has 0 aliphatic carbocycles. The smallest absolute Gasteiger partial charge is 0.255 e. The second-order valence-electron chi connectivity index (χ2n) is 3.37. The predicted molar refractivity (Wildman–Crippen MR) is 61.8 cm³/mol. The molecule has 1 amide bonds. The van der Waals surface area contributed by atoms with Gasteiger partial charge < -0.3 is 15.2 Å². The zero-order chi connectivity index (χ0) is 12.0. The van der Waals surface area contributed by atoms with E-state index in [1.54, 1.807) is 6.07 Å². The van der Waals surface area contributed by atoms with Crippen LogP contribution >= 0.6 is 0 Å². The molecule has 0 aliphatic rings. The van der Waals surface area contributed by atoms with Crippen molar-refractivity contribution < 1.29 is 14.6 Å². The van der Waals surface area contributed by atoms with Gasteiger partial charge in [0.05, 0.1) is 19.3 Å². The molecule has 0 aliphatic heterocycles. The first-order valence-corrected chi connectivity index (χ1v) is 5.28. The molecule has 0 bridgehead atoms. The maximum Gasteiger partial charge on any atom is 0.255 e. The molecular weight excluding hydrogens is 206 g/mol. The monoisotopic (exact) mass is 223 g/mol. The van der Waals surface area contributed by atoms with Crippen molar-refractivity contribution in [1.82, 2.24) is 5.32 Å². The van der Waals surface area contributed by atoms with Crippen molar-refractivity contribution in [2.45, 2.75) is 13.3 Å². The molecule has 0 atom stereocenters. The topological polar surface area (TPSA) is 58.6 Å². The standard InChI is InChI=1S/C12H17NO3/c1-3-9-4-5-11(16-2)10(8-9)12(15)13-6-7-14/h4-5,8,14H,3,6-7H2,1-2H3,(H,13,15). The van der Waals surface area contributed by atoms with Crippen LogP contribution in [-0.4, -0.2) is 31.3 Å². The molecule has 0 aromatic heterocycles. The van der Waals surface area contributed by atoms with Gasteiger partial charge >= 0.3 is 0 Å². The fourth-order valence-electron chi connectivity index (χ4n) is 1.42. The molecule has 4 nitrogen and oxygen atoms in total. The van der Waals surface area contributed by atoms with Crippen LogP contribution in [0.4, 0.5) is 0 Å². The quantitative estimate of drug-likeness (QED) is 0.782. The molecule has 0 saturated carbocycles. The Morgan fingerprint density at radius 2 is 2.25 bits per heavy atom. The number of aliphatic hydroxyl groups excluding tert-OH is 1. The van der Waals surface area contributed by atoms with Crippen LogP contribution in [0.25, 0.3) is 0 Å². The molecule has 4 heteroatoms.